The number of rotatable bonds is 6. The molecule has 0 saturated carbocycles. The highest BCUT2D eigenvalue weighted by Crippen LogP contribution is 2.22. The first-order valence-corrected chi connectivity index (χ1v) is 9.88. The van der Waals surface area contributed by atoms with E-state index in [-0.39, 0.29) is 17.6 Å². The predicted molar refractivity (Wildman–Crippen MR) is 115 cm³/mol. The summed E-state index contributed by atoms with van der Waals surface area (Å²) in [5.74, 6) is 0.503. The van der Waals surface area contributed by atoms with Crippen LogP contribution >= 0.6 is 0 Å². The summed E-state index contributed by atoms with van der Waals surface area (Å²) in [6.45, 7) is 6.29. The number of nitrogens with zero attached hydrogens (tertiary/aromatic N) is 4. The summed E-state index contributed by atoms with van der Waals surface area (Å²) in [4.78, 5) is 17.4. The largest absolute Gasteiger partial charge is 0.494 e. The minimum absolute atomic E-state index is 0.207. The van der Waals surface area contributed by atoms with Crippen LogP contribution in [0.4, 0.5) is 0 Å². The van der Waals surface area contributed by atoms with Gasteiger partial charge in [0.05, 0.1) is 29.5 Å². The zero-order valence-electron chi connectivity index (χ0n) is 17.2. The first kappa shape index (κ1) is 19.6. The number of carbonyl (C=O) groups excluding carboxylic acids is 1. The number of benzene rings is 2. The molecule has 30 heavy (non-hydrogen) atoms. The zero-order chi connectivity index (χ0) is 21.1. The number of para-hydroxylation sites is 1. The molecule has 0 aliphatic carbocycles. The Morgan fingerprint density at radius 2 is 1.97 bits per heavy atom. The number of nitrogens with one attached hydrogen (secondary N) is 1. The zero-order valence-corrected chi connectivity index (χ0v) is 17.2. The molecule has 0 aliphatic heterocycles. The van der Waals surface area contributed by atoms with Gasteiger partial charge in [0.1, 0.15) is 5.75 Å². The highest BCUT2D eigenvalue weighted by Gasteiger charge is 2.20. The van der Waals surface area contributed by atoms with E-state index in [0.29, 0.717) is 12.3 Å². The number of aromatic nitrogens is 4. The lowest BCUT2D eigenvalue weighted by Gasteiger charge is -2.15. The lowest BCUT2D eigenvalue weighted by molar-refractivity contribution is 0.0934. The molecule has 7 nitrogen and oxygen atoms in total. The third kappa shape index (κ3) is 3.74. The summed E-state index contributed by atoms with van der Waals surface area (Å²) < 4.78 is 7.21. The first-order valence-electron chi connectivity index (χ1n) is 9.88. The Morgan fingerprint density at radius 1 is 1.17 bits per heavy atom. The summed E-state index contributed by atoms with van der Waals surface area (Å²) in [6.07, 6.45) is 1.74. The van der Waals surface area contributed by atoms with Crippen LogP contribution in [-0.4, -0.2) is 32.5 Å². The monoisotopic (exact) mass is 401 g/mol. The van der Waals surface area contributed by atoms with Crippen molar-refractivity contribution in [3.05, 3.63) is 77.7 Å². The molecule has 0 aliphatic rings. The molecule has 2 aromatic heterocycles. The molecule has 1 amide bonds. The molecular formula is C23H23N5O2. The van der Waals surface area contributed by atoms with Crippen molar-refractivity contribution in [2.45, 2.75) is 26.8 Å². The topological polar surface area (TPSA) is 81.9 Å². The third-order valence-corrected chi connectivity index (χ3v) is 4.97. The number of carbonyl (C=O) groups is 1. The minimum atomic E-state index is -0.277. The molecule has 0 spiro atoms. The normalized spacial score (nSPS) is 12.0. The van der Waals surface area contributed by atoms with Gasteiger partial charge in [0.25, 0.3) is 5.91 Å². The molecule has 0 radical (unpaired) electrons. The quantitative estimate of drug-likeness (QED) is 0.528. The molecule has 1 unspecified atom stereocenters. The van der Waals surface area contributed by atoms with Crippen molar-refractivity contribution in [2.24, 2.45) is 0 Å². The number of hydrogen-bond donors (Lipinski definition) is 1. The number of pyridine rings is 1. The van der Waals surface area contributed by atoms with Gasteiger partial charge in [-0.25, -0.2) is 4.68 Å². The molecule has 0 bridgehead atoms. The molecule has 4 rings (SSSR count). The van der Waals surface area contributed by atoms with Gasteiger partial charge < -0.3 is 10.1 Å². The van der Waals surface area contributed by atoms with Crippen LogP contribution in [0.1, 0.15) is 41.6 Å². The van der Waals surface area contributed by atoms with E-state index >= 15 is 0 Å². The van der Waals surface area contributed by atoms with E-state index in [0.717, 1.165) is 27.9 Å². The van der Waals surface area contributed by atoms with Crippen LogP contribution in [0.5, 0.6) is 5.75 Å². The van der Waals surface area contributed by atoms with Gasteiger partial charge in [-0.2, -0.15) is 0 Å². The van der Waals surface area contributed by atoms with Gasteiger partial charge in [0.2, 0.25) is 0 Å². The maximum Gasteiger partial charge on any atom is 0.274 e. The fourth-order valence-corrected chi connectivity index (χ4v) is 3.42. The Kier molecular flexibility index (Phi) is 5.43. The van der Waals surface area contributed by atoms with E-state index in [1.165, 1.54) is 0 Å². The summed E-state index contributed by atoms with van der Waals surface area (Å²) in [7, 11) is 0. The molecule has 4 aromatic rings. The van der Waals surface area contributed by atoms with Crippen LogP contribution in [0.15, 0.2) is 60.8 Å². The van der Waals surface area contributed by atoms with Gasteiger partial charge in [-0.1, -0.05) is 35.5 Å². The Bertz CT molecular complexity index is 1200. The van der Waals surface area contributed by atoms with Crippen LogP contribution < -0.4 is 10.1 Å². The second-order valence-electron chi connectivity index (χ2n) is 6.99. The van der Waals surface area contributed by atoms with Gasteiger partial charge in [-0.3, -0.25) is 9.78 Å². The maximum absolute atomic E-state index is 12.9. The van der Waals surface area contributed by atoms with E-state index in [9.17, 15) is 4.79 Å². The Labute approximate surface area is 174 Å². The Morgan fingerprint density at radius 3 is 2.80 bits per heavy atom. The molecule has 2 heterocycles. The van der Waals surface area contributed by atoms with Crippen LogP contribution in [0.2, 0.25) is 0 Å². The highest BCUT2D eigenvalue weighted by atomic mass is 16.5. The number of amides is 1. The van der Waals surface area contributed by atoms with Crippen LogP contribution in [0.3, 0.4) is 0 Å². The van der Waals surface area contributed by atoms with Gasteiger partial charge >= 0.3 is 0 Å². The SMILES string of the molecule is CCOc1cccc(C(C)NC(=O)c2nnn(-c3cccc4cccnc34)c2C)c1. The molecule has 1 N–H and O–H groups in total. The summed E-state index contributed by atoms with van der Waals surface area (Å²) >= 11 is 0. The van der Waals surface area contributed by atoms with Crippen molar-refractivity contribution in [1.82, 2.24) is 25.3 Å². The highest BCUT2D eigenvalue weighted by molar-refractivity contribution is 5.94. The summed E-state index contributed by atoms with van der Waals surface area (Å²) in [5, 5.41) is 12.4. The van der Waals surface area contributed by atoms with E-state index in [1.807, 2.05) is 75.4 Å². The number of ether oxygens (including phenoxy) is 1. The van der Waals surface area contributed by atoms with Crippen molar-refractivity contribution in [3.8, 4) is 11.4 Å². The van der Waals surface area contributed by atoms with Gasteiger partial charge in [0.15, 0.2) is 5.69 Å². The minimum Gasteiger partial charge on any atom is -0.494 e. The lowest BCUT2D eigenvalue weighted by Crippen LogP contribution is -2.27. The van der Waals surface area contributed by atoms with E-state index < -0.39 is 0 Å². The molecular weight excluding hydrogens is 378 g/mol. The van der Waals surface area contributed by atoms with Gasteiger partial charge in [0, 0.05) is 11.6 Å². The number of hydrogen-bond acceptors (Lipinski definition) is 5. The predicted octanol–water partition coefficient (Wildman–Crippen LogP) is 4.01. The maximum atomic E-state index is 12.9. The van der Waals surface area contributed by atoms with Crippen molar-refractivity contribution in [3.63, 3.8) is 0 Å². The lowest BCUT2D eigenvalue weighted by atomic mass is 10.1. The van der Waals surface area contributed by atoms with Crippen molar-refractivity contribution in [2.75, 3.05) is 6.61 Å². The molecule has 7 heteroatoms. The van der Waals surface area contributed by atoms with Gasteiger partial charge in [-0.05, 0) is 50.6 Å². The van der Waals surface area contributed by atoms with E-state index in [1.54, 1.807) is 10.9 Å². The molecule has 0 saturated heterocycles. The second kappa shape index (κ2) is 8.32. The van der Waals surface area contributed by atoms with Crippen LogP contribution in [0, 0.1) is 6.92 Å². The standard InChI is InChI=1S/C23H23N5O2/c1-4-30-19-11-5-9-18(14-19)15(2)25-23(29)21-16(3)28(27-26-21)20-12-6-8-17-10-7-13-24-22(17)20/h5-15H,4H2,1-3H3,(H,25,29). The van der Waals surface area contributed by atoms with Crippen LogP contribution in [-0.2, 0) is 0 Å². The fourth-order valence-electron chi connectivity index (χ4n) is 3.42. The Hall–Kier alpha value is -3.74. The first-order chi connectivity index (χ1) is 14.6. The van der Waals surface area contributed by atoms with Crippen molar-refractivity contribution in [1.29, 1.82) is 0 Å². The van der Waals surface area contributed by atoms with E-state index in [4.69, 9.17) is 4.74 Å². The average Bonchev–Trinajstić information content (AvgIpc) is 3.15. The van der Waals surface area contributed by atoms with E-state index in [2.05, 4.69) is 20.6 Å². The summed E-state index contributed by atoms with van der Waals surface area (Å²) in [5.41, 5.74) is 3.49. The average molecular weight is 401 g/mol. The van der Waals surface area contributed by atoms with Gasteiger partial charge in [-0.15, -0.1) is 5.10 Å². The number of fused-ring (bicyclic) bond motifs is 1. The molecule has 1 atom stereocenters. The Balaban J connectivity index is 1.59. The van der Waals surface area contributed by atoms with Crippen molar-refractivity contribution >= 4 is 16.8 Å². The molecule has 2 aromatic carbocycles. The summed E-state index contributed by atoms with van der Waals surface area (Å²) in [6, 6.07) is 17.2. The van der Waals surface area contributed by atoms with Crippen LogP contribution in [0.25, 0.3) is 16.6 Å². The smallest absolute Gasteiger partial charge is 0.274 e. The van der Waals surface area contributed by atoms with Crippen molar-refractivity contribution < 1.29 is 9.53 Å². The molecule has 152 valence electrons. The fraction of sp³-hybridized carbons (Fsp3) is 0.217. The second-order valence-corrected chi connectivity index (χ2v) is 6.99. The molecule has 0 fully saturated rings. The third-order valence-electron chi connectivity index (χ3n) is 4.97.